The van der Waals surface area contributed by atoms with Crippen molar-refractivity contribution in [3.63, 3.8) is 0 Å². The van der Waals surface area contributed by atoms with Crippen LogP contribution < -0.4 is 5.32 Å². The van der Waals surface area contributed by atoms with Crippen molar-refractivity contribution in [3.05, 3.63) is 46.2 Å². The average molecular weight is 362 g/mol. The molecule has 0 bridgehead atoms. The minimum absolute atomic E-state index is 0.251. The first-order valence-electron chi connectivity index (χ1n) is 6.41. The molecule has 0 atom stereocenters. The maximum Gasteiger partial charge on any atom is 0.416 e. The molecule has 1 aromatic carbocycles. The van der Waals surface area contributed by atoms with E-state index in [4.69, 9.17) is 0 Å². The van der Waals surface area contributed by atoms with Gasteiger partial charge in [-0.25, -0.2) is 0 Å². The van der Waals surface area contributed by atoms with E-state index in [1.165, 1.54) is 0 Å². The minimum Gasteiger partial charge on any atom is -0.379 e. The Labute approximate surface area is 129 Å². The van der Waals surface area contributed by atoms with Crippen LogP contribution in [-0.2, 0) is 12.7 Å². The summed E-state index contributed by atoms with van der Waals surface area (Å²) in [5.74, 6) is 0. The molecular formula is C14H15BrF3N3. The third-order valence-electron chi connectivity index (χ3n) is 2.89. The van der Waals surface area contributed by atoms with E-state index in [2.05, 4.69) is 26.3 Å². The summed E-state index contributed by atoms with van der Waals surface area (Å²) in [5.41, 5.74) is 0.486. The summed E-state index contributed by atoms with van der Waals surface area (Å²) in [6.45, 7) is 4.38. The number of alkyl halides is 3. The first-order chi connectivity index (χ1) is 9.75. The molecular weight excluding hydrogens is 347 g/mol. The Morgan fingerprint density at radius 1 is 1.29 bits per heavy atom. The van der Waals surface area contributed by atoms with Gasteiger partial charge in [-0.1, -0.05) is 15.9 Å². The molecule has 0 spiro atoms. The van der Waals surface area contributed by atoms with E-state index in [0.29, 0.717) is 16.7 Å². The number of hydrogen-bond acceptors (Lipinski definition) is 2. The fourth-order valence-electron chi connectivity index (χ4n) is 1.81. The zero-order valence-corrected chi connectivity index (χ0v) is 13.2. The summed E-state index contributed by atoms with van der Waals surface area (Å²) in [4.78, 5) is 0. The van der Waals surface area contributed by atoms with E-state index in [0.717, 1.165) is 17.8 Å². The van der Waals surface area contributed by atoms with Crippen LogP contribution >= 0.6 is 15.9 Å². The lowest BCUT2D eigenvalue weighted by molar-refractivity contribution is -0.137. The molecule has 114 valence electrons. The van der Waals surface area contributed by atoms with Crippen LogP contribution in [0.4, 0.5) is 18.9 Å². The van der Waals surface area contributed by atoms with E-state index >= 15 is 0 Å². The van der Waals surface area contributed by atoms with Crippen LogP contribution in [0.3, 0.4) is 0 Å². The Bertz CT molecular complexity index is 620. The second-order valence-electron chi connectivity index (χ2n) is 4.96. The lowest BCUT2D eigenvalue weighted by Gasteiger charge is -2.11. The quantitative estimate of drug-likeness (QED) is 0.842. The highest BCUT2D eigenvalue weighted by Crippen LogP contribution is 2.33. The van der Waals surface area contributed by atoms with Crippen molar-refractivity contribution < 1.29 is 13.2 Å². The number of rotatable bonds is 4. The molecule has 0 fully saturated rings. The van der Waals surface area contributed by atoms with Gasteiger partial charge in [-0.3, -0.25) is 4.68 Å². The van der Waals surface area contributed by atoms with Crippen LogP contribution in [0.15, 0.2) is 34.9 Å². The molecule has 2 aromatic rings. The number of benzene rings is 1. The summed E-state index contributed by atoms with van der Waals surface area (Å²) in [6, 6.07) is 5.84. The molecule has 0 amide bonds. The molecule has 1 heterocycles. The molecule has 0 saturated heterocycles. The van der Waals surface area contributed by atoms with Crippen molar-refractivity contribution in [2.75, 3.05) is 5.32 Å². The summed E-state index contributed by atoms with van der Waals surface area (Å²) in [7, 11) is 0. The molecule has 0 aliphatic heterocycles. The van der Waals surface area contributed by atoms with Crippen LogP contribution in [0.5, 0.6) is 0 Å². The van der Waals surface area contributed by atoms with Crippen LogP contribution in [0.25, 0.3) is 0 Å². The summed E-state index contributed by atoms with van der Waals surface area (Å²) in [6.07, 6.45) is -2.51. The van der Waals surface area contributed by atoms with Gasteiger partial charge < -0.3 is 5.32 Å². The summed E-state index contributed by atoms with van der Waals surface area (Å²) >= 11 is 3.10. The predicted octanol–water partition coefficient (Wildman–Crippen LogP) is 4.86. The van der Waals surface area contributed by atoms with Gasteiger partial charge in [0.15, 0.2) is 0 Å². The van der Waals surface area contributed by atoms with Gasteiger partial charge in [-0.05, 0) is 38.1 Å². The zero-order valence-electron chi connectivity index (χ0n) is 11.6. The van der Waals surface area contributed by atoms with Crippen molar-refractivity contribution >= 4 is 21.6 Å². The third kappa shape index (κ3) is 4.23. The maximum absolute atomic E-state index is 12.7. The van der Waals surface area contributed by atoms with E-state index in [9.17, 15) is 13.2 Å². The molecule has 7 heteroatoms. The normalized spacial score (nSPS) is 12.0. The van der Waals surface area contributed by atoms with Crippen LogP contribution in [0, 0.1) is 0 Å². The Morgan fingerprint density at radius 2 is 2.00 bits per heavy atom. The van der Waals surface area contributed by atoms with Crippen LogP contribution in [-0.4, -0.2) is 9.78 Å². The van der Waals surface area contributed by atoms with E-state index in [1.54, 1.807) is 10.7 Å². The SMILES string of the molecule is CC(C)n1ccc(CNc2cc(Br)cc(C(F)(F)F)c2)n1. The monoisotopic (exact) mass is 361 g/mol. The first-order valence-corrected chi connectivity index (χ1v) is 7.20. The zero-order chi connectivity index (χ0) is 15.6. The van der Waals surface area contributed by atoms with Crippen molar-refractivity contribution in [2.24, 2.45) is 0 Å². The van der Waals surface area contributed by atoms with E-state index < -0.39 is 11.7 Å². The molecule has 1 aromatic heterocycles. The number of nitrogens with zero attached hydrogens (tertiary/aromatic N) is 2. The fourth-order valence-corrected chi connectivity index (χ4v) is 2.30. The Balaban J connectivity index is 2.10. The summed E-state index contributed by atoms with van der Waals surface area (Å²) in [5, 5.41) is 7.30. The van der Waals surface area contributed by atoms with Crippen molar-refractivity contribution in [3.8, 4) is 0 Å². The van der Waals surface area contributed by atoms with Gasteiger partial charge in [-0.2, -0.15) is 18.3 Å². The number of aromatic nitrogens is 2. The van der Waals surface area contributed by atoms with Gasteiger partial charge in [0, 0.05) is 22.4 Å². The third-order valence-corrected chi connectivity index (χ3v) is 3.35. The molecule has 21 heavy (non-hydrogen) atoms. The van der Waals surface area contributed by atoms with Crippen molar-refractivity contribution in [1.29, 1.82) is 0 Å². The molecule has 1 N–H and O–H groups in total. The fraction of sp³-hybridized carbons (Fsp3) is 0.357. The maximum atomic E-state index is 12.7. The second-order valence-corrected chi connectivity index (χ2v) is 5.88. The number of nitrogens with one attached hydrogen (secondary N) is 1. The largest absolute Gasteiger partial charge is 0.416 e. The Kier molecular flexibility index (Phi) is 4.61. The van der Waals surface area contributed by atoms with E-state index in [-0.39, 0.29) is 6.04 Å². The first kappa shape index (κ1) is 15.9. The standard InChI is InChI=1S/C14H15BrF3N3/c1-9(2)21-4-3-12(20-21)8-19-13-6-10(14(16,17)18)5-11(15)7-13/h3-7,9,19H,8H2,1-2H3. The highest BCUT2D eigenvalue weighted by Gasteiger charge is 2.31. The highest BCUT2D eigenvalue weighted by atomic mass is 79.9. The Hall–Kier alpha value is -1.50. The smallest absolute Gasteiger partial charge is 0.379 e. The van der Waals surface area contributed by atoms with Crippen LogP contribution in [0.1, 0.15) is 31.1 Å². The topological polar surface area (TPSA) is 29.9 Å². The van der Waals surface area contributed by atoms with Crippen LogP contribution in [0.2, 0.25) is 0 Å². The van der Waals surface area contributed by atoms with Gasteiger partial charge in [0.1, 0.15) is 0 Å². The van der Waals surface area contributed by atoms with E-state index in [1.807, 2.05) is 26.1 Å². The Morgan fingerprint density at radius 3 is 2.57 bits per heavy atom. The van der Waals surface area contributed by atoms with Gasteiger partial charge in [-0.15, -0.1) is 0 Å². The second kappa shape index (κ2) is 6.09. The molecule has 3 nitrogen and oxygen atoms in total. The molecule has 0 aliphatic rings. The molecule has 0 unspecified atom stereocenters. The molecule has 0 aliphatic carbocycles. The lowest BCUT2D eigenvalue weighted by Crippen LogP contribution is -2.07. The number of hydrogen-bond donors (Lipinski definition) is 1. The predicted molar refractivity (Wildman–Crippen MR) is 79.1 cm³/mol. The summed E-state index contributed by atoms with van der Waals surface area (Å²) < 4.78 is 40.4. The average Bonchev–Trinajstić information content (AvgIpc) is 2.83. The van der Waals surface area contributed by atoms with Gasteiger partial charge >= 0.3 is 6.18 Å². The van der Waals surface area contributed by atoms with Gasteiger partial charge in [0.2, 0.25) is 0 Å². The van der Waals surface area contributed by atoms with Gasteiger partial charge in [0.25, 0.3) is 0 Å². The highest BCUT2D eigenvalue weighted by molar-refractivity contribution is 9.10. The number of anilines is 1. The van der Waals surface area contributed by atoms with Crippen molar-refractivity contribution in [1.82, 2.24) is 9.78 Å². The molecule has 2 rings (SSSR count). The molecule has 0 saturated carbocycles. The van der Waals surface area contributed by atoms with Gasteiger partial charge in [0.05, 0.1) is 17.8 Å². The lowest BCUT2D eigenvalue weighted by atomic mass is 10.2. The van der Waals surface area contributed by atoms with Crippen molar-refractivity contribution in [2.45, 2.75) is 32.6 Å². The molecule has 0 radical (unpaired) electrons. The number of halogens is 4. The minimum atomic E-state index is -4.36.